The molecule has 0 radical (unpaired) electrons. The first-order valence-electron chi connectivity index (χ1n) is 5.99. The van der Waals surface area contributed by atoms with E-state index in [4.69, 9.17) is 40.2 Å². The highest BCUT2D eigenvalue weighted by atomic mass is 35.5. The molecule has 0 aliphatic carbocycles. The Morgan fingerprint density at radius 2 is 2.15 bits per heavy atom. The summed E-state index contributed by atoms with van der Waals surface area (Å²) < 4.78 is 5.01. The van der Waals surface area contributed by atoms with Gasteiger partial charge in [-0.2, -0.15) is 5.10 Å². The third-order valence-corrected chi connectivity index (χ3v) is 3.20. The van der Waals surface area contributed by atoms with Crippen molar-refractivity contribution in [2.24, 2.45) is 5.10 Å². The van der Waals surface area contributed by atoms with Crippen LogP contribution in [-0.2, 0) is 4.74 Å². The highest BCUT2D eigenvalue weighted by Crippen LogP contribution is 2.21. The van der Waals surface area contributed by atoms with E-state index in [1.165, 1.54) is 0 Å². The van der Waals surface area contributed by atoms with Crippen molar-refractivity contribution in [3.63, 3.8) is 0 Å². The van der Waals surface area contributed by atoms with Crippen molar-refractivity contribution in [3.05, 3.63) is 33.8 Å². The van der Waals surface area contributed by atoms with Gasteiger partial charge in [-0.3, -0.25) is 5.43 Å². The zero-order valence-electron chi connectivity index (χ0n) is 11.5. The minimum atomic E-state index is 0.106. The van der Waals surface area contributed by atoms with Crippen LogP contribution in [0.3, 0.4) is 0 Å². The van der Waals surface area contributed by atoms with Gasteiger partial charge < -0.3 is 10.1 Å². The number of thiocarbonyl (C=S) groups is 1. The summed E-state index contributed by atoms with van der Waals surface area (Å²) in [6.45, 7) is 4.36. The van der Waals surface area contributed by atoms with Crippen LogP contribution < -0.4 is 10.7 Å². The number of benzene rings is 1. The van der Waals surface area contributed by atoms with Gasteiger partial charge in [0.15, 0.2) is 5.11 Å². The molecule has 0 saturated heterocycles. The fourth-order valence-corrected chi connectivity index (χ4v) is 2.32. The molecular weight excluding hydrogens is 317 g/mol. The van der Waals surface area contributed by atoms with Crippen LogP contribution in [0.4, 0.5) is 0 Å². The first kappa shape index (κ1) is 17.2. The van der Waals surface area contributed by atoms with Crippen molar-refractivity contribution in [2.75, 3.05) is 13.7 Å². The van der Waals surface area contributed by atoms with E-state index in [1.807, 2.05) is 19.9 Å². The summed E-state index contributed by atoms with van der Waals surface area (Å²) in [5.41, 5.74) is 4.29. The van der Waals surface area contributed by atoms with Gasteiger partial charge in [-0.05, 0) is 38.2 Å². The second-order valence-corrected chi connectivity index (χ2v) is 5.51. The van der Waals surface area contributed by atoms with Crippen LogP contribution in [0.5, 0.6) is 0 Å². The molecule has 1 aromatic carbocycles. The molecule has 0 aliphatic rings. The minimum Gasteiger partial charge on any atom is -0.383 e. The van der Waals surface area contributed by atoms with Gasteiger partial charge >= 0.3 is 0 Å². The van der Waals surface area contributed by atoms with Crippen LogP contribution in [0.15, 0.2) is 23.3 Å². The van der Waals surface area contributed by atoms with Gasteiger partial charge in [-0.25, -0.2) is 0 Å². The van der Waals surface area contributed by atoms with Gasteiger partial charge in [0.05, 0.1) is 17.3 Å². The quantitative estimate of drug-likeness (QED) is 0.493. The molecule has 0 saturated carbocycles. The van der Waals surface area contributed by atoms with Crippen molar-refractivity contribution >= 4 is 46.2 Å². The molecular formula is C13H17Cl2N3OS. The molecule has 0 amide bonds. The van der Waals surface area contributed by atoms with Crippen LogP contribution in [0.25, 0.3) is 0 Å². The van der Waals surface area contributed by atoms with Crippen molar-refractivity contribution < 1.29 is 4.74 Å². The molecule has 0 fully saturated rings. The summed E-state index contributed by atoms with van der Waals surface area (Å²) in [5.74, 6) is 0. The predicted octanol–water partition coefficient (Wildman–Crippen LogP) is 3.22. The van der Waals surface area contributed by atoms with Gasteiger partial charge in [0.2, 0.25) is 0 Å². The average molecular weight is 334 g/mol. The Labute approximate surface area is 134 Å². The standard InChI is InChI=1S/C13H17Cl2N3OS/c1-8(7-19-3)16-13(20)18-17-9(2)11-5-4-10(14)6-12(11)15/h4-6,8H,7H2,1-3H3,(H2,16,18,20)/b17-9-/t8-/m0/s1. The molecule has 4 nitrogen and oxygen atoms in total. The van der Waals surface area contributed by atoms with Gasteiger partial charge in [-0.15, -0.1) is 0 Å². The minimum absolute atomic E-state index is 0.106. The largest absolute Gasteiger partial charge is 0.383 e. The third-order valence-electron chi connectivity index (χ3n) is 2.44. The summed E-state index contributed by atoms with van der Waals surface area (Å²) in [4.78, 5) is 0. The number of nitrogens with zero attached hydrogens (tertiary/aromatic N) is 1. The predicted molar refractivity (Wildman–Crippen MR) is 88.9 cm³/mol. The molecule has 0 unspecified atom stereocenters. The van der Waals surface area contributed by atoms with Crippen molar-refractivity contribution in [2.45, 2.75) is 19.9 Å². The van der Waals surface area contributed by atoms with Crippen LogP contribution in [0.1, 0.15) is 19.4 Å². The van der Waals surface area contributed by atoms with Gasteiger partial charge in [0.1, 0.15) is 0 Å². The maximum absolute atomic E-state index is 6.11. The summed E-state index contributed by atoms with van der Waals surface area (Å²) in [7, 11) is 1.64. The number of nitrogens with one attached hydrogen (secondary N) is 2. The molecule has 0 aliphatic heterocycles. The van der Waals surface area contributed by atoms with E-state index in [2.05, 4.69) is 15.8 Å². The zero-order valence-corrected chi connectivity index (χ0v) is 13.9. The van der Waals surface area contributed by atoms with E-state index < -0.39 is 0 Å². The van der Waals surface area contributed by atoms with E-state index in [0.29, 0.717) is 21.8 Å². The van der Waals surface area contributed by atoms with Crippen LogP contribution >= 0.6 is 35.4 Å². The number of ether oxygens (including phenoxy) is 1. The summed E-state index contributed by atoms with van der Waals surface area (Å²) in [6.07, 6.45) is 0. The van der Waals surface area contributed by atoms with E-state index in [-0.39, 0.29) is 6.04 Å². The summed E-state index contributed by atoms with van der Waals surface area (Å²) in [5, 5.41) is 8.80. The number of hydrogen-bond acceptors (Lipinski definition) is 3. The zero-order chi connectivity index (χ0) is 15.1. The number of rotatable bonds is 5. The number of halogens is 2. The molecule has 0 bridgehead atoms. The third kappa shape index (κ3) is 5.63. The van der Waals surface area contributed by atoms with E-state index in [9.17, 15) is 0 Å². The Hall–Kier alpha value is -0.880. The van der Waals surface area contributed by atoms with E-state index >= 15 is 0 Å². The smallest absolute Gasteiger partial charge is 0.187 e. The molecule has 1 aromatic rings. The second-order valence-electron chi connectivity index (χ2n) is 4.26. The van der Waals surface area contributed by atoms with E-state index in [1.54, 1.807) is 19.2 Å². The summed E-state index contributed by atoms with van der Waals surface area (Å²) in [6, 6.07) is 5.36. The Bertz CT molecular complexity index is 508. The maximum atomic E-state index is 6.11. The second kappa shape index (κ2) is 8.42. The van der Waals surface area contributed by atoms with Crippen molar-refractivity contribution in [1.82, 2.24) is 10.7 Å². The molecule has 0 spiro atoms. The molecule has 110 valence electrons. The summed E-state index contributed by atoms with van der Waals surface area (Å²) >= 11 is 17.1. The molecule has 1 rings (SSSR count). The fourth-order valence-electron chi connectivity index (χ4n) is 1.53. The van der Waals surface area contributed by atoms with Gasteiger partial charge in [-0.1, -0.05) is 29.3 Å². The Morgan fingerprint density at radius 1 is 1.45 bits per heavy atom. The highest BCUT2D eigenvalue weighted by Gasteiger charge is 2.06. The molecule has 2 N–H and O–H groups in total. The fraction of sp³-hybridized carbons (Fsp3) is 0.385. The highest BCUT2D eigenvalue weighted by molar-refractivity contribution is 7.80. The SMILES string of the molecule is COC[C@H](C)NC(=S)N/N=C(/C)c1ccc(Cl)cc1Cl. The van der Waals surface area contributed by atoms with Gasteiger partial charge in [0, 0.05) is 23.7 Å². The van der Waals surface area contributed by atoms with E-state index in [0.717, 1.165) is 11.3 Å². The molecule has 20 heavy (non-hydrogen) atoms. The lowest BCUT2D eigenvalue weighted by Gasteiger charge is -2.14. The number of hydrogen-bond donors (Lipinski definition) is 2. The van der Waals surface area contributed by atoms with Gasteiger partial charge in [0.25, 0.3) is 0 Å². The lowest BCUT2D eigenvalue weighted by atomic mass is 10.1. The first-order valence-corrected chi connectivity index (χ1v) is 7.15. The van der Waals surface area contributed by atoms with Crippen LogP contribution in [0, 0.1) is 0 Å². The van der Waals surface area contributed by atoms with Crippen molar-refractivity contribution in [1.29, 1.82) is 0 Å². The monoisotopic (exact) mass is 333 g/mol. The molecule has 0 aromatic heterocycles. The number of hydrazone groups is 1. The lowest BCUT2D eigenvalue weighted by Crippen LogP contribution is -2.40. The lowest BCUT2D eigenvalue weighted by molar-refractivity contribution is 0.179. The topological polar surface area (TPSA) is 45.6 Å². The molecule has 7 heteroatoms. The van der Waals surface area contributed by atoms with Crippen LogP contribution in [-0.4, -0.2) is 30.6 Å². The Balaban J connectivity index is 2.63. The van der Waals surface area contributed by atoms with Crippen molar-refractivity contribution in [3.8, 4) is 0 Å². The average Bonchev–Trinajstić information content (AvgIpc) is 2.36. The Kier molecular flexibility index (Phi) is 7.23. The Morgan fingerprint density at radius 3 is 2.75 bits per heavy atom. The number of methoxy groups -OCH3 is 1. The van der Waals surface area contributed by atoms with Crippen LogP contribution in [0.2, 0.25) is 10.0 Å². The molecule has 1 atom stereocenters. The molecule has 0 heterocycles. The first-order chi connectivity index (χ1) is 9.43. The normalized spacial score (nSPS) is 12.9. The maximum Gasteiger partial charge on any atom is 0.187 e.